The Bertz CT molecular complexity index is 444. The molecule has 1 saturated heterocycles. The van der Waals surface area contributed by atoms with E-state index >= 15 is 0 Å². The molecule has 2 N–H and O–H groups in total. The Labute approximate surface area is 117 Å². The minimum absolute atomic E-state index is 0.00579. The van der Waals surface area contributed by atoms with Crippen LogP contribution in [0, 0.1) is 0 Å². The maximum atomic E-state index is 11.6. The van der Waals surface area contributed by atoms with Gasteiger partial charge in [-0.05, 0) is 42.5 Å². The van der Waals surface area contributed by atoms with E-state index in [2.05, 4.69) is 0 Å². The second-order valence-corrected chi connectivity index (χ2v) is 5.65. The first-order valence-electron chi connectivity index (χ1n) is 6.40. The summed E-state index contributed by atoms with van der Waals surface area (Å²) in [6, 6.07) is 5.21. The fourth-order valence-corrected chi connectivity index (χ4v) is 3.10. The van der Waals surface area contributed by atoms with Crippen LogP contribution in [0.3, 0.4) is 0 Å². The van der Waals surface area contributed by atoms with Crippen LogP contribution in [0.1, 0.15) is 23.2 Å². The van der Waals surface area contributed by atoms with Crippen molar-refractivity contribution in [1.82, 2.24) is 0 Å². The molecule has 0 radical (unpaired) electrons. The number of methoxy groups -OCH3 is 1. The van der Waals surface area contributed by atoms with Gasteiger partial charge in [0.1, 0.15) is 6.10 Å². The van der Waals surface area contributed by atoms with Crippen LogP contribution in [0.5, 0.6) is 11.5 Å². The number of ether oxygens (including phenoxy) is 2. The van der Waals surface area contributed by atoms with Crippen LogP contribution in [-0.2, 0) is 0 Å². The summed E-state index contributed by atoms with van der Waals surface area (Å²) in [5.41, 5.74) is 5.96. The molecule has 1 aromatic carbocycles. The van der Waals surface area contributed by atoms with Gasteiger partial charge in [0.05, 0.1) is 13.7 Å². The van der Waals surface area contributed by atoms with E-state index in [1.807, 2.05) is 11.8 Å². The van der Waals surface area contributed by atoms with Gasteiger partial charge in [0.15, 0.2) is 17.3 Å². The van der Waals surface area contributed by atoms with Gasteiger partial charge in [-0.3, -0.25) is 4.79 Å². The fraction of sp³-hybridized carbons (Fsp3) is 0.500. The smallest absolute Gasteiger partial charge is 0.176 e. The summed E-state index contributed by atoms with van der Waals surface area (Å²) in [6.07, 6.45) is 2.27. The molecular weight excluding hydrogens is 262 g/mol. The third-order valence-corrected chi connectivity index (χ3v) is 4.18. The maximum Gasteiger partial charge on any atom is 0.176 e. The molecule has 0 spiro atoms. The molecule has 104 valence electrons. The molecule has 2 rings (SSSR count). The zero-order valence-corrected chi connectivity index (χ0v) is 11.9. The summed E-state index contributed by atoms with van der Waals surface area (Å²) in [5, 5.41) is 0. The lowest BCUT2D eigenvalue weighted by Crippen LogP contribution is -2.22. The molecule has 1 aliphatic heterocycles. The van der Waals surface area contributed by atoms with Crippen molar-refractivity contribution < 1.29 is 14.3 Å². The first kappa shape index (κ1) is 14.2. The predicted octanol–water partition coefficient (Wildman–Crippen LogP) is 2.11. The minimum atomic E-state index is -0.0910. The molecule has 1 heterocycles. The zero-order chi connectivity index (χ0) is 13.7. The number of benzene rings is 1. The molecule has 1 fully saturated rings. The van der Waals surface area contributed by atoms with Crippen LogP contribution >= 0.6 is 11.8 Å². The Kier molecular flexibility index (Phi) is 5.10. The SMILES string of the molecule is COc1ccc(C(=O)CN)cc1OC1CCSCC1. The average Bonchev–Trinajstić information content (AvgIpc) is 2.47. The number of Topliss-reactive ketones (excluding diaryl/α,β-unsaturated/α-hetero) is 1. The van der Waals surface area contributed by atoms with Gasteiger partial charge in [-0.1, -0.05) is 0 Å². The summed E-state index contributed by atoms with van der Waals surface area (Å²) < 4.78 is 11.3. The van der Waals surface area contributed by atoms with Crippen LogP contribution in [0.25, 0.3) is 0 Å². The first-order valence-corrected chi connectivity index (χ1v) is 7.55. The van der Waals surface area contributed by atoms with Crippen molar-refractivity contribution in [1.29, 1.82) is 0 Å². The second-order valence-electron chi connectivity index (χ2n) is 4.42. The number of ketones is 1. The number of nitrogens with two attached hydrogens (primary N) is 1. The summed E-state index contributed by atoms with van der Waals surface area (Å²) in [4.78, 5) is 11.6. The van der Waals surface area contributed by atoms with Crippen molar-refractivity contribution >= 4 is 17.5 Å². The molecule has 1 aliphatic rings. The lowest BCUT2D eigenvalue weighted by molar-refractivity contribution is 0.1000. The van der Waals surface area contributed by atoms with Crippen molar-refractivity contribution in [3.8, 4) is 11.5 Å². The van der Waals surface area contributed by atoms with E-state index in [1.54, 1.807) is 25.3 Å². The molecule has 0 unspecified atom stereocenters. The third-order valence-electron chi connectivity index (χ3n) is 3.13. The molecule has 0 atom stereocenters. The minimum Gasteiger partial charge on any atom is -0.493 e. The summed E-state index contributed by atoms with van der Waals surface area (Å²) in [7, 11) is 1.60. The fourth-order valence-electron chi connectivity index (χ4n) is 2.03. The summed E-state index contributed by atoms with van der Waals surface area (Å²) in [5.74, 6) is 3.44. The van der Waals surface area contributed by atoms with Gasteiger partial charge in [-0.25, -0.2) is 0 Å². The Morgan fingerprint density at radius 2 is 2.11 bits per heavy atom. The highest BCUT2D eigenvalue weighted by molar-refractivity contribution is 7.99. The lowest BCUT2D eigenvalue weighted by atomic mass is 10.1. The Morgan fingerprint density at radius 1 is 1.37 bits per heavy atom. The van der Waals surface area contributed by atoms with Gasteiger partial charge < -0.3 is 15.2 Å². The highest BCUT2D eigenvalue weighted by atomic mass is 32.2. The van der Waals surface area contributed by atoms with Crippen LogP contribution < -0.4 is 15.2 Å². The number of carbonyl (C=O) groups excluding carboxylic acids is 1. The summed E-state index contributed by atoms with van der Waals surface area (Å²) >= 11 is 1.95. The van der Waals surface area contributed by atoms with E-state index in [4.69, 9.17) is 15.2 Å². The summed E-state index contributed by atoms with van der Waals surface area (Å²) in [6.45, 7) is 0.00579. The third kappa shape index (κ3) is 3.64. The van der Waals surface area contributed by atoms with Crippen LogP contribution in [0.15, 0.2) is 18.2 Å². The molecular formula is C14H19NO3S. The van der Waals surface area contributed by atoms with Gasteiger partial charge in [-0.2, -0.15) is 11.8 Å². The van der Waals surface area contributed by atoms with Gasteiger partial charge in [0, 0.05) is 5.56 Å². The van der Waals surface area contributed by atoms with Gasteiger partial charge >= 0.3 is 0 Å². The predicted molar refractivity (Wildman–Crippen MR) is 77.4 cm³/mol. The monoisotopic (exact) mass is 281 g/mol. The molecule has 0 amide bonds. The Balaban J connectivity index is 2.17. The van der Waals surface area contributed by atoms with E-state index in [9.17, 15) is 4.79 Å². The van der Waals surface area contributed by atoms with Crippen LogP contribution in [0.2, 0.25) is 0 Å². The molecule has 0 aliphatic carbocycles. The van der Waals surface area contributed by atoms with Crippen molar-refractivity contribution in [2.24, 2.45) is 5.73 Å². The van der Waals surface area contributed by atoms with Crippen molar-refractivity contribution in [2.45, 2.75) is 18.9 Å². The molecule has 1 aromatic rings. The largest absolute Gasteiger partial charge is 0.493 e. The van der Waals surface area contributed by atoms with E-state index in [0.717, 1.165) is 24.3 Å². The lowest BCUT2D eigenvalue weighted by Gasteiger charge is -2.24. The number of thioether (sulfide) groups is 1. The highest BCUT2D eigenvalue weighted by Gasteiger charge is 2.18. The van der Waals surface area contributed by atoms with Gasteiger partial charge in [-0.15, -0.1) is 0 Å². The Morgan fingerprint density at radius 3 is 2.74 bits per heavy atom. The van der Waals surface area contributed by atoms with Crippen molar-refractivity contribution in [2.75, 3.05) is 25.2 Å². The highest BCUT2D eigenvalue weighted by Crippen LogP contribution is 2.31. The second kappa shape index (κ2) is 6.82. The molecule has 4 nitrogen and oxygen atoms in total. The van der Waals surface area contributed by atoms with Crippen molar-refractivity contribution in [3.63, 3.8) is 0 Å². The zero-order valence-electron chi connectivity index (χ0n) is 11.1. The molecule has 0 bridgehead atoms. The maximum absolute atomic E-state index is 11.6. The number of carbonyl (C=O) groups is 1. The molecule has 5 heteroatoms. The van der Waals surface area contributed by atoms with E-state index in [0.29, 0.717) is 17.1 Å². The normalized spacial score (nSPS) is 16.1. The topological polar surface area (TPSA) is 61.5 Å². The van der Waals surface area contributed by atoms with Crippen molar-refractivity contribution in [3.05, 3.63) is 23.8 Å². The number of rotatable bonds is 5. The van der Waals surface area contributed by atoms with E-state index < -0.39 is 0 Å². The number of hydrogen-bond acceptors (Lipinski definition) is 5. The van der Waals surface area contributed by atoms with Gasteiger partial charge in [0.25, 0.3) is 0 Å². The van der Waals surface area contributed by atoms with E-state index in [1.165, 1.54) is 0 Å². The molecule has 19 heavy (non-hydrogen) atoms. The average molecular weight is 281 g/mol. The number of hydrogen-bond donors (Lipinski definition) is 1. The van der Waals surface area contributed by atoms with Crippen LogP contribution in [-0.4, -0.2) is 37.0 Å². The first-order chi connectivity index (χ1) is 9.24. The van der Waals surface area contributed by atoms with Gasteiger partial charge in [0.2, 0.25) is 0 Å². The molecule has 0 aromatic heterocycles. The molecule has 0 saturated carbocycles. The van der Waals surface area contributed by atoms with E-state index in [-0.39, 0.29) is 18.4 Å². The quantitative estimate of drug-likeness (QED) is 0.838. The standard InChI is InChI=1S/C14H19NO3S/c1-17-13-3-2-10(12(16)9-15)8-14(13)18-11-4-6-19-7-5-11/h2-3,8,11H,4-7,9,15H2,1H3. The Hall–Kier alpha value is -1.20. The van der Waals surface area contributed by atoms with Crippen LogP contribution in [0.4, 0.5) is 0 Å².